The summed E-state index contributed by atoms with van der Waals surface area (Å²) in [6.45, 7) is 0.329. The molecule has 220 valence electrons. The van der Waals surface area contributed by atoms with Crippen molar-refractivity contribution in [3.05, 3.63) is 60.3 Å². The highest BCUT2D eigenvalue weighted by Crippen LogP contribution is 2.57. The Morgan fingerprint density at radius 1 is 1.00 bits per heavy atom. The quantitative estimate of drug-likeness (QED) is 0.367. The Kier molecular flexibility index (Phi) is 7.57. The van der Waals surface area contributed by atoms with Gasteiger partial charge in [0.15, 0.2) is 15.0 Å². The first kappa shape index (κ1) is 29.3. The van der Waals surface area contributed by atoms with E-state index in [9.17, 15) is 34.8 Å². The largest absolute Gasteiger partial charge is 0.492 e. The lowest BCUT2D eigenvalue weighted by molar-refractivity contribution is -0.194. The zero-order valence-corrected chi connectivity index (χ0v) is 24.2. The van der Waals surface area contributed by atoms with E-state index >= 15 is 0 Å². The average Bonchev–Trinajstić information content (AvgIpc) is 3.58. The minimum atomic E-state index is -4.45. The number of aromatic nitrogens is 1. The van der Waals surface area contributed by atoms with E-state index in [4.69, 9.17) is 4.74 Å². The molecule has 2 aliphatic rings. The summed E-state index contributed by atoms with van der Waals surface area (Å²) in [5.74, 6) is -0.690. The molecular weight excluding hydrogens is 603 g/mol. The van der Waals surface area contributed by atoms with Crippen molar-refractivity contribution in [2.24, 2.45) is 5.41 Å². The van der Waals surface area contributed by atoms with Crippen LogP contribution in [0.5, 0.6) is 5.75 Å². The zero-order valence-electron chi connectivity index (χ0n) is 21.8. The molecule has 0 spiro atoms. The first-order valence-electron chi connectivity index (χ1n) is 12.6. The molecule has 1 saturated carbocycles. The maximum atomic E-state index is 13.5. The molecule has 0 radical (unpaired) electrons. The highest BCUT2D eigenvalue weighted by atomic mass is 32.2. The van der Waals surface area contributed by atoms with Crippen molar-refractivity contribution >= 4 is 42.1 Å². The van der Waals surface area contributed by atoms with Gasteiger partial charge < -0.3 is 14.5 Å². The second-order valence-electron chi connectivity index (χ2n) is 10.1. The first-order chi connectivity index (χ1) is 19.2. The fraction of sp³-hybridized carbons (Fsp3) is 0.385. The monoisotopic (exact) mass is 629 g/mol. The van der Waals surface area contributed by atoms with Crippen molar-refractivity contribution in [1.29, 1.82) is 0 Å². The van der Waals surface area contributed by atoms with Crippen LogP contribution in [-0.4, -0.2) is 77.8 Å². The number of sulfone groups is 2. The smallest absolute Gasteiger partial charge is 0.397 e. The number of carbonyl (C=O) groups excluding carboxylic acids is 1. The fourth-order valence-corrected chi connectivity index (χ4v) is 7.66. The van der Waals surface area contributed by atoms with Gasteiger partial charge in [-0.15, -0.1) is 0 Å². The lowest BCUT2D eigenvalue weighted by Crippen LogP contribution is -2.48. The van der Waals surface area contributed by atoms with Gasteiger partial charge in [0.25, 0.3) is 5.91 Å². The molecular formula is C26H26F3N3O6S3. The lowest BCUT2D eigenvalue weighted by Gasteiger charge is -2.35. The number of halogens is 3. The summed E-state index contributed by atoms with van der Waals surface area (Å²) < 4.78 is 96.0. The molecule has 0 N–H and O–H groups in total. The van der Waals surface area contributed by atoms with Gasteiger partial charge in [-0.2, -0.15) is 13.2 Å². The summed E-state index contributed by atoms with van der Waals surface area (Å²) in [6, 6.07) is 11.5. The molecule has 3 aromatic rings. The average molecular weight is 630 g/mol. The topological polar surface area (TPSA) is 114 Å². The Hall–Kier alpha value is -3.17. The van der Waals surface area contributed by atoms with Gasteiger partial charge in [-0.05, 0) is 43.2 Å². The van der Waals surface area contributed by atoms with Gasteiger partial charge in [-0.1, -0.05) is 29.5 Å². The zero-order chi connectivity index (χ0) is 29.6. The second kappa shape index (κ2) is 10.6. The molecule has 41 heavy (non-hydrogen) atoms. The maximum absolute atomic E-state index is 13.5. The van der Waals surface area contributed by atoms with Crippen molar-refractivity contribution in [1.82, 2.24) is 9.88 Å². The van der Waals surface area contributed by atoms with Crippen molar-refractivity contribution in [2.75, 3.05) is 43.9 Å². The van der Waals surface area contributed by atoms with E-state index in [0.717, 1.165) is 23.7 Å². The number of thiazole rings is 1. The summed E-state index contributed by atoms with van der Waals surface area (Å²) in [7, 11) is -7.43. The van der Waals surface area contributed by atoms with Crippen LogP contribution in [0.1, 0.15) is 23.2 Å². The number of alkyl halides is 3. The molecule has 5 rings (SSSR count). The van der Waals surface area contributed by atoms with Gasteiger partial charge >= 0.3 is 6.18 Å². The predicted octanol–water partition coefficient (Wildman–Crippen LogP) is 4.06. The molecule has 2 heterocycles. The molecule has 15 heteroatoms. The molecule has 1 aliphatic carbocycles. The van der Waals surface area contributed by atoms with E-state index in [2.05, 4.69) is 4.98 Å². The molecule has 0 atom stereocenters. The van der Waals surface area contributed by atoms with Crippen LogP contribution in [0.25, 0.3) is 0 Å². The molecule has 1 aromatic heterocycles. The van der Waals surface area contributed by atoms with E-state index < -0.39 is 43.8 Å². The SMILES string of the molecule is CS(=O)(=O)c1ccc(OCC2(C(F)(F)F)CC2)c(C(=O)N2CCN(c3ncc(S(=O)(=O)c4ccccc4)s3)CC2)c1. The minimum absolute atomic E-state index is 0.0751. The number of nitrogens with zero attached hydrogens (tertiary/aromatic N) is 3. The van der Waals surface area contributed by atoms with Crippen LogP contribution in [0.4, 0.5) is 18.3 Å². The molecule has 1 saturated heterocycles. The third-order valence-corrected chi connectivity index (χ3v) is 11.6. The van der Waals surface area contributed by atoms with Crippen molar-refractivity contribution in [2.45, 2.75) is 33.0 Å². The Balaban J connectivity index is 1.31. The second-order valence-corrected chi connectivity index (χ2v) is 15.3. The number of ether oxygens (including phenoxy) is 1. The van der Waals surface area contributed by atoms with Gasteiger partial charge in [0.1, 0.15) is 22.0 Å². The van der Waals surface area contributed by atoms with Crippen LogP contribution in [0.3, 0.4) is 0 Å². The summed E-state index contributed by atoms with van der Waals surface area (Å²) in [5, 5.41) is 0.469. The normalized spacial score (nSPS) is 17.4. The Bertz CT molecular complexity index is 1660. The number of anilines is 1. The number of carbonyl (C=O) groups is 1. The van der Waals surface area contributed by atoms with Crippen LogP contribution in [0.2, 0.25) is 0 Å². The molecule has 2 aromatic carbocycles. The number of benzene rings is 2. The highest BCUT2D eigenvalue weighted by molar-refractivity contribution is 7.93. The molecule has 2 fully saturated rings. The van der Waals surface area contributed by atoms with E-state index in [1.807, 2.05) is 4.90 Å². The van der Waals surface area contributed by atoms with Gasteiger partial charge in [-0.25, -0.2) is 21.8 Å². The number of piperazine rings is 1. The number of hydrogen-bond donors (Lipinski definition) is 0. The highest BCUT2D eigenvalue weighted by Gasteiger charge is 2.64. The number of amides is 1. The summed E-state index contributed by atoms with van der Waals surface area (Å²) in [6.07, 6.45) is -2.33. The van der Waals surface area contributed by atoms with Crippen LogP contribution in [-0.2, 0) is 19.7 Å². The predicted molar refractivity (Wildman–Crippen MR) is 145 cm³/mol. The van der Waals surface area contributed by atoms with Gasteiger partial charge in [0.05, 0.1) is 21.6 Å². The van der Waals surface area contributed by atoms with Crippen LogP contribution >= 0.6 is 11.3 Å². The van der Waals surface area contributed by atoms with Crippen molar-refractivity contribution in [3.8, 4) is 5.75 Å². The van der Waals surface area contributed by atoms with Crippen LogP contribution < -0.4 is 9.64 Å². The summed E-state index contributed by atoms with van der Waals surface area (Å²) in [4.78, 5) is 21.1. The van der Waals surface area contributed by atoms with Crippen molar-refractivity contribution in [3.63, 3.8) is 0 Å². The van der Waals surface area contributed by atoms with Crippen LogP contribution in [0, 0.1) is 5.41 Å². The van der Waals surface area contributed by atoms with Gasteiger partial charge in [0, 0.05) is 32.4 Å². The van der Waals surface area contributed by atoms with E-state index in [-0.39, 0.29) is 51.2 Å². The Morgan fingerprint density at radius 3 is 2.24 bits per heavy atom. The third kappa shape index (κ3) is 5.93. The molecule has 9 nitrogen and oxygen atoms in total. The standard InChI is InChI=1S/C26H26F3N3O6S3/c1-40(34,35)19-7-8-21(38-17-25(9-10-25)26(27,28)29)20(15-19)23(33)31-11-13-32(14-12-31)24-30-16-22(39-24)41(36,37)18-5-3-2-4-6-18/h2-8,15-16H,9-14,17H2,1H3. The third-order valence-electron chi connectivity index (χ3n) is 7.20. The maximum Gasteiger partial charge on any atom is 0.397 e. The number of hydrogen-bond acceptors (Lipinski definition) is 9. The molecule has 1 aliphatic heterocycles. The van der Waals surface area contributed by atoms with E-state index in [0.29, 0.717) is 18.2 Å². The van der Waals surface area contributed by atoms with Crippen molar-refractivity contribution < 1.29 is 39.5 Å². The number of rotatable bonds is 8. The lowest BCUT2D eigenvalue weighted by atomic mass is 10.1. The van der Waals surface area contributed by atoms with Gasteiger partial charge in [0.2, 0.25) is 9.84 Å². The molecule has 0 unspecified atom stereocenters. The first-order valence-corrected chi connectivity index (χ1v) is 16.7. The fourth-order valence-electron chi connectivity index (χ4n) is 4.42. The van der Waals surface area contributed by atoms with Gasteiger partial charge in [-0.3, -0.25) is 4.79 Å². The molecule has 0 bridgehead atoms. The summed E-state index contributed by atoms with van der Waals surface area (Å²) >= 11 is 1.02. The minimum Gasteiger partial charge on any atom is -0.492 e. The Labute approximate surface area is 239 Å². The van der Waals surface area contributed by atoms with E-state index in [1.54, 1.807) is 18.2 Å². The molecule has 1 amide bonds. The van der Waals surface area contributed by atoms with Crippen LogP contribution in [0.15, 0.2) is 68.7 Å². The van der Waals surface area contributed by atoms with E-state index in [1.165, 1.54) is 35.4 Å². The summed E-state index contributed by atoms with van der Waals surface area (Å²) in [5.41, 5.74) is -2.10. The Morgan fingerprint density at radius 2 is 1.66 bits per heavy atom.